The summed E-state index contributed by atoms with van der Waals surface area (Å²) in [5.41, 5.74) is -0.371. The molecule has 0 N–H and O–H groups in total. The van der Waals surface area contributed by atoms with Gasteiger partial charge >= 0.3 is 7.12 Å². The lowest BCUT2D eigenvalue weighted by Gasteiger charge is -2.32. The Morgan fingerprint density at radius 2 is 1.60 bits per heavy atom. The van der Waals surface area contributed by atoms with Crippen LogP contribution in [-0.2, 0) is 9.31 Å². The molecule has 2 aliphatic rings. The van der Waals surface area contributed by atoms with Crippen molar-refractivity contribution in [2.75, 3.05) is 4.43 Å². The van der Waals surface area contributed by atoms with Crippen molar-refractivity contribution in [2.24, 2.45) is 5.92 Å². The second kappa shape index (κ2) is 6.87. The van der Waals surface area contributed by atoms with Gasteiger partial charge in [-0.15, -0.1) is 0 Å². The third-order valence-corrected chi connectivity index (χ3v) is 6.31. The molecule has 0 spiro atoms. The fraction of sp³-hybridized carbons (Fsp3) is 1.00. The smallest absolute Gasteiger partial charge is 0.403 e. The second-order valence-electron chi connectivity index (χ2n) is 7.52. The van der Waals surface area contributed by atoms with Gasteiger partial charge in [-0.3, -0.25) is 0 Å². The molecule has 20 heavy (non-hydrogen) atoms. The molecule has 0 aromatic rings. The summed E-state index contributed by atoms with van der Waals surface area (Å²) < 4.78 is 13.9. The molecule has 1 aliphatic heterocycles. The molecule has 2 nitrogen and oxygen atoms in total. The lowest BCUT2D eigenvalue weighted by molar-refractivity contribution is 0.00578. The molecule has 0 aromatic heterocycles. The van der Waals surface area contributed by atoms with E-state index in [0.29, 0.717) is 5.82 Å². The van der Waals surface area contributed by atoms with E-state index in [2.05, 4.69) is 50.3 Å². The van der Waals surface area contributed by atoms with E-state index in [1.54, 1.807) is 0 Å². The topological polar surface area (TPSA) is 18.5 Å². The van der Waals surface area contributed by atoms with Gasteiger partial charge in [-0.2, -0.15) is 0 Å². The Morgan fingerprint density at radius 3 is 2.10 bits per heavy atom. The number of hydrogen-bond acceptors (Lipinski definition) is 2. The van der Waals surface area contributed by atoms with Crippen molar-refractivity contribution >= 4 is 29.7 Å². The first-order chi connectivity index (χ1) is 9.37. The molecule has 1 saturated carbocycles. The first kappa shape index (κ1) is 17.1. The average molecular weight is 392 g/mol. The standard InChI is InChI=1S/C16H30BIO2/c1-15(2)16(3,4)20-17(19-15)14(11-8-12-18)13-9-6-5-7-10-13/h13-14H,5-12H2,1-4H3. The van der Waals surface area contributed by atoms with E-state index in [1.165, 1.54) is 49.4 Å². The highest BCUT2D eigenvalue weighted by Crippen LogP contribution is 2.46. The number of alkyl halides is 1. The third kappa shape index (κ3) is 3.72. The van der Waals surface area contributed by atoms with Crippen molar-refractivity contribution in [1.29, 1.82) is 0 Å². The van der Waals surface area contributed by atoms with Gasteiger partial charge in [0, 0.05) is 0 Å². The quantitative estimate of drug-likeness (QED) is 0.362. The van der Waals surface area contributed by atoms with Crippen LogP contribution in [0.15, 0.2) is 0 Å². The SMILES string of the molecule is CC1(C)OB(C(CCCI)C2CCCCC2)OC1(C)C. The molecule has 1 saturated heterocycles. The lowest BCUT2D eigenvalue weighted by atomic mass is 9.59. The lowest BCUT2D eigenvalue weighted by Crippen LogP contribution is -2.41. The molecule has 0 aromatic carbocycles. The van der Waals surface area contributed by atoms with Crippen molar-refractivity contribution in [3.8, 4) is 0 Å². The van der Waals surface area contributed by atoms with Gasteiger partial charge in [0.15, 0.2) is 0 Å². The van der Waals surface area contributed by atoms with Crippen molar-refractivity contribution in [3.63, 3.8) is 0 Å². The Kier molecular flexibility index (Phi) is 5.86. The molecule has 0 amide bonds. The highest BCUT2D eigenvalue weighted by atomic mass is 127. The van der Waals surface area contributed by atoms with Crippen LogP contribution in [0, 0.1) is 5.92 Å². The van der Waals surface area contributed by atoms with Gasteiger partial charge in [0.2, 0.25) is 0 Å². The molecular weight excluding hydrogens is 362 g/mol. The van der Waals surface area contributed by atoms with E-state index in [-0.39, 0.29) is 18.3 Å². The summed E-state index contributed by atoms with van der Waals surface area (Å²) in [5, 5.41) is 0. The van der Waals surface area contributed by atoms with Crippen LogP contribution in [0.25, 0.3) is 0 Å². The normalized spacial score (nSPS) is 27.8. The zero-order valence-corrected chi connectivity index (χ0v) is 15.7. The molecule has 1 aliphatic carbocycles. The fourth-order valence-corrected chi connectivity index (χ4v) is 3.97. The van der Waals surface area contributed by atoms with Crippen LogP contribution in [-0.4, -0.2) is 22.7 Å². The monoisotopic (exact) mass is 392 g/mol. The van der Waals surface area contributed by atoms with Crippen LogP contribution in [0.1, 0.15) is 72.6 Å². The van der Waals surface area contributed by atoms with Crippen LogP contribution in [0.3, 0.4) is 0 Å². The summed E-state index contributed by atoms with van der Waals surface area (Å²) in [4.78, 5) is 0. The van der Waals surface area contributed by atoms with Crippen LogP contribution >= 0.6 is 22.6 Å². The molecule has 4 heteroatoms. The zero-order chi connectivity index (χ0) is 14.8. The molecule has 116 valence electrons. The Bertz CT molecular complexity index is 298. The van der Waals surface area contributed by atoms with Crippen molar-refractivity contribution < 1.29 is 9.31 Å². The Morgan fingerprint density at radius 1 is 1.05 bits per heavy atom. The van der Waals surface area contributed by atoms with E-state index >= 15 is 0 Å². The van der Waals surface area contributed by atoms with E-state index in [1.807, 2.05) is 0 Å². The van der Waals surface area contributed by atoms with Crippen molar-refractivity contribution in [2.45, 2.75) is 89.7 Å². The maximum Gasteiger partial charge on any atom is 0.461 e. The summed E-state index contributed by atoms with van der Waals surface area (Å²) in [5.74, 6) is 1.40. The van der Waals surface area contributed by atoms with Gasteiger partial charge in [0.05, 0.1) is 11.2 Å². The number of hydrogen-bond donors (Lipinski definition) is 0. The molecule has 0 bridgehead atoms. The van der Waals surface area contributed by atoms with Crippen LogP contribution in [0.4, 0.5) is 0 Å². The predicted octanol–water partition coefficient (Wildman–Crippen LogP) is 5.24. The van der Waals surface area contributed by atoms with E-state index in [4.69, 9.17) is 9.31 Å². The van der Waals surface area contributed by atoms with Crippen molar-refractivity contribution in [3.05, 3.63) is 0 Å². The maximum atomic E-state index is 6.35. The summed E-state index contributed by atoms with van der Waals surface area (Å²) in [6.45, 7) is 8.68. The summed E-state index contributed by atoms with van der Waals surface area (Å²) in [6.07, 6.45) is 9.48. The summed E-state index contributed by atoms with van der Waals surface area (Å²) in [7, 11) is 0.00560. The van der Waals surface area contributed by atoms with Gasteiger partial charge in [-0.05, 0) is 50.3 Å². The molecular formula is C16H30BIO2. The van der Waals surface area contributed by atoms with Gasteiger partial charge in [0.25, 0.3) is 0 Å². The molecule has 2 rings (SSSR count). The van der Waals surface area contributed by atoms with E-state index < -0.39 is 0 Å². The first-order valence-electron chi connectivity index (χ1n) is 8.29. The molecule has 1 unspecified atom stereocenters. The highest BCUT2D eigenvalue weighted by molar-refractivity contribution is 14.1. The Labute approximate surface area is 139 Å². The average Bonchev–Trinajstić information content (AvgIpc) is 2.60. The Balaban J connectivity index is 2.07. The summed E-state index contributed by atoms with van der Waals surface area (Å²) >= 11 is 2.49. The van der Waals surface area contributed by atoms with E-state index in [9.17, 15) is 0 Å². The number of halogens is 1. The minimum atomic E-state index is -0.186. The van der Waals surface area contributed by atoms with Crippen LogP contribution in [0.2, 0.25) is 5.82 Å². The maximum absolute atomic E-state index is 6.35. The Hall–Kier alpha value is 0.715. The fourth-order valence-electron chi connectivity index (χ4n) is 3.53. The van der Waals surface area contributed by atoms with Crippen LogP contribution in [0.5, 0.6) is 0 Å². The minimum Gasteiger partial charge on any atom is -0.403 e. The van der Waals surface area contributed by atoms with Crippen molar-refractivity contribution in [1.82, 2.24) is 0 Å². The predicted molar refractivity (Wildman–Crippen MR) is 94.5 cm³/mol. The minimum absolute atomic E-state index is 0.00560. The number of rotatable bonds is 5. The van der Waals surface area contributed by atoms with Gasteiger partial charge in [0.1, 0.15) is 0 Å². The largest absolute Gasteiger partial charge is 0.461 e. The van der Waals surface area contributed by atoms with Crippen LogP contribution < -0.4 is 0 Å². The molecule has 0 radical (unpaired) electrons. The van der Waals surface area contributed by atoms with Gasteiger partial charge in [-0.25, -0.2) is 0 Å². The molecule has 1 atom stereocenters. The third-order valence-electron chi connectivity index (χ3n) is 5.55. The highest BCUT2D eigenvalue weighted by Gasteiger charge is 2.54. The van der Waals surface area contributed by atoms with Gasteiger partial charge in [-0.1, -0.05) is 61.1 Å². The van der Waals surface area contributed by atoms with E-state index in [0.717, 1.165) is 5.92 Å². The molecule has 1 heterocycles. The van der Waals surface area contributed by atoms with Gasteiger partial charge < -0.3 is 9.31 Å². The first-order valence-corrected chi connectivity index (χ1v) is 9.81. The second-order valence-corrected chi connectivity index (χ2v) is 8.60. The molecule has 2 fully saturated rings. The zero-order valence-electron chi connectivity index (χ0n) is 13.6. The summed E-state index contributed by atoms with van der Waals surface area (Å²) in [6, 6.07) is 0.